The Labute approximate surface area is 272 Å². The van der Waals surface area contributed by atoms with E-state index in [4.69, 9.17) is 27.9 Å². The minimum Gasteiger partial charge on any atom is -0.454 e. The normalized spacial score (nSPS) is 15.5. The lowest BCUT2D eigenvalue weighted by Gasteiger charge is -2.35. The van der Waals surface area contributed by atoms with Gasteiger partial charge in [-0.05, 0) is 67.4 Å². The molecule has 2 heterocycles. The number of sulfonamides is 1. The second-order valence-corrected chi connectivity index (χ2v) is 13.3. The summed E-state index contributed by atoms with van der Waals surface area (Å²) in [4.78, 5) is 43.4. The van der Waals surface area contributed by atoms with Crippen LogP contribution < -0.4 is 14.8 Å². The van der Waals surface area contributed by atoms with Gasteiger partial charge in [0, 0.05) is 49.9 Å². The summed E-state index contributed by atoms with van der Waals surface area (Å²) in [7, 11) is -4.05. The van der Waals surface area contributed by atoms with Gasteiger partial charge in [0.2, 0.25) is 11.8 Å². The van der Waals surface area contributed by atoms with Crippen LogP contribution in [0.4, 0.5) is 5.69 Å². The Morgan fingerprint density at radius 1 is 0.778 bits per heavy atom. The average molecular weight is 675 g/mol. The van der Waals surface area contributed by atoms with Crippen LogP contribution in [0.2, 0.25) is 10.0 Å². The molecule has 0 radical (unpaired) electrons. The summed E-state index contributed by atoms with van der Waals surface area (Å²) < 4.78 is 34.7. The van der Waals surface area contributed by atoms with Gasteiger partial charge in [0.1, 0.15) is 5.75 Å². The molecule has 238 valence electrons. The molecule has 2 saturated heterocycles. The molecule has 2 aliphatic heterocycles. The van der Waals surface area contributed by atoms with Crippen LogP contribution in [-0.4, -0.2) is 93.2 Å². The zero-order valence-electron chi connectivity index (χ0n) is 24.4. The van der Waals surface area contributed by atoms with Crippen molar-refractivity contribution in [3.05, 3.63) is 82.3 Å². The first-order valence-corrected chi connectivity index (χ1v) is 16.7. The molecule has 3 aromatic carbocycles. The zero-order valence-corrected chi connectivity index (χ0v) is 26.7. The molecule has 3 amide bonds. The van der Waals surface area contributed by atoms with Crippen molar-refractivity contribution in [1.29, 1.82) is 0 Å². The summed E-state index contributed by atoms with van der Waals surface area (Å²) in [5.41, 5.74) is 0.385. The second-order valence-electron chi connectivity index (χ2n) is 10.7. The summed E-state index contributed by atoms with van der Waals surface area (Å²) in [5, 5.41) is 3.30. The number of likely N-dealkylation sites (tertiary alicyclic amines) is 1. The Morgan fingerprint density at radius 3 is 2.13 bits per heavy atom. The van der Waals surface area contributed by atoms with Crippen LogP contribution in [0.1, 0.15) is 23.2 Å². The molecule has 0 atom stereocenters. The predicted octanol–water partition coefficient (Wildman–Crippen LogP) is 4.08. The fourth-order valence-electron chi connectivity index (χ4n) is 5.09. The van der Waals surface area contributed by atoms with E-state index in [0.29, 0.717) is 43.5 Å². The molecule has 2 aliphatic rings. The summed E-state index contributed by atoms with van der Waals surface area (Å²) in [6.45, 7) is 3.94. The molecule has 2 N–H and O–H groups in total. The number of nitrogens with zero attached hydrogens (tertiary/aromatic N) is 3. The number of nitrogens with one attached hydrogen (secondary N) is 2. The van der Waals surface area contributed by atoms with Crippen LogP contribution in [0.3, 0.4) is 0 Å². The summed E-state index contributed by atoms with van der Waals surface area (Å²) in [6, 6.07) is 16.5. The van der Waals surface area contributed by atoms with Crippen molar-refractivity contribution < 1.29 is 27.5 Å². The Kier molecular flexibility index (Phi) is 10.5. The molecule has 0 aromatic heterocycles. The number of hydrogen-bond donors (Lipinski definition) is 2. The van der Waals surface area contributed by atoms with Crippen molar-refractivity contribution >= 4 is 56.6 Å². The molecule has 0 unspecified atom stereocenters. The number of anilines is 1. The van der Waals surface area contributed by atoms with Gasteiger partial charge in [0.15, 0.2) is 5.75 Å². The summed E-state index contributed by atoms with van der Waals surface area (Å²) in [6.07, 6.45) is 2.10. The first kappa shape index (κ1) is 32.6. The highest BCUT2D eigenvalue weighted by molar-refractivity contribution is 7.92. The smallest absolute Gasteiger partial charge is 0.262 e. The second kappa shape index (κ2) is 14.5. The van der Waals surface area contributed by atoms with Crippen LogP contribution in [0.25, 0.3) is 0 Å². The molecule has 2 fully saturated rings. The number of amides is 3. The molecular formula is C31H33Cl2N5O6S. The van der Waals surface area contributed by atoms with Crippen molar-refractivity contribution in [3.63, 3.8) is 0 Å². The third kappa shape index (κ3) is 8.46. The number of ether oxygens (including phenoxy) is 1. The topological polar surface area (TPSA) is 128 Å². The Hall–Kier alpha value is -3.84. The monoisotopic (exact) mass is 673 g/mol. The van der Waals surface area contributed by atoms with E-state index in [1.807, 2.05) is 9.80 Å². The summed E-state index contributed by atoms with van der Waals surface area (Å²) in [5.74, 6) is -0.0737. The van der Waals surface area contributed by atoms with Gasteiger partial charge in [0.05, 0.1) is 28.7 Å². The van der Waals surface area contributed by atoms with E-state index < -0.39 is 15.9 Å². The van der Waals surface area contributed by atoms with E-state index in [1.165, 1.54) is 30.3 Å². The fraction of sp³-hybridized carbons (Fsp3) is 0.323. The van der Waals surface area contributed by atoms with Crippen molar-refractivity contribution in [2.75, 3.05) is 57.1 Å². The maximum atomic E-state index is 13.2. The SMILES string of the molecule is O=C(NCC(=O)N1CCN(CC(=O)N2CCCC2)CC1)c1ccc(S(=O)(=O)Nc2ccccc2Oc2ccc(Cl)cc2Cl)cc1. The van der Waals surface area contributed by atoms with Gasteiger partial charge < -0.3 is 19.9 Å². The zero-order chi connectivity index (χ0) is 32.0. The van der Waals surface area contributed by atoms with Crippen LogP contribution in [0.5, 0.6) is 11.5 Å². The molecule has 3 aromatic rings. The number of halogens is 2. The van der Waals surface area contributed by atoms with Gasteiger partial charge in [0.25, 0.3) is 15.9 Å². The number of carbonyl (C=O) groups is 3. The highest BCUT2D eigenvalue weighted by Gasteiger charge is 2.26. The molecular weight excluding hydrogens is 641 g/mol. The number of piperazine rings is 1. The highest BCUT2D eigenvalue weighted by Crippen LogP contribution is 2.35. The van der Waals surface area contributed by atoms with E-state index in [1.54, 1.807) is 41.3 Å². The molecule has 11 nitrogen and oxygen atoms in total. The van der Waals surface area contributed by atoms with Crippen LogP contribution in [0, 0.1) is 0 Å². The van der Waals surface area contributed by atoms with E-state index in [9.17, 15) is 22.8 Å². The molecule has 0 aliphatic carbocycles. The number of rotatable bonds is 10. The largest absolute Gasteiger partial charge is 0.454 e. The van der Waals surface area contributed by atoms with Gasteiger partial charge in [-0.3, -0.25) is 24.0 Å². The Bertz CT molecular complexity index is 1660. The Balaban J connectivity index is 1.12. The highest BCUT2D eigenvalue weighted by atomic mass is 35.5. The molecule has 14 heteroatoms. The molecule has 45 heavy (non-hydrogen) atoms. The number of carbonyl (C=O) groups excluding carboxylic acids is 3. The number of para-hydroxylation sites is 2. The lowest BCUT2D eigenvalue weighted by atomic mass is 10.2. The van der Waals surface area contributed by atoms with Crippen molar-refractivity contribution in [2.45, 2.75) is 17.7 Å². The third-order valence-electron chi connectivity index (χ3n) is 7.61. The van der Waals surface area contributed by atoms with E-state index in [2.05, 4.69) is 10.0 Å². The van der Waals surface area contributed by atoms with Gasteiger partial charge >= 0.3 is 0 Å². The van der Waals surface area contributed by atoms with Gasteiger partial charge in [-0.25, -0.2) is 8.42 Å². The Morgan fingerprint density at radius 2 is 1.44 bits per heavy atom. The van der Waals surface area contributed by atoms with E-state index >= 15 is 0 Å². The third-order valence-corrected chi connectivity index (χ3v) is 9.53. The lowest BCUT2D eigenvalue weighted by molar-refractivity contribution is -0.134. The standard InChI is InChI=1S/C31H33Cl2N5O6S/c32-23-9-12-27(25(33)19-23)44-28-6-2-1-5-26(28)35-45(42,43)24-10-7-22(8-11-24)31(41)34-20-29(39)38-17-15-36(16-18-38)21-30(40)37-13-3-4-14-37/h1-2,5-12,19,35H,3-4,13-18,20-21H2,(H,34,41). The van der Waals surface area contributed by atoms with Crippen LogP contribution in [0.15, 0.2) is 71.6 Å². The number of hydrogen-bond acceptors (Lipinski definition) is 7. The first-order chi connectivity index (χ1) is 21.6. The van der Waals surface area contributed by atoms with Crippen molar-refractivity contribution in [2.24, 2.45) is 0 Å². The molecule has 5 rings (SSSR count). The van der Waals surface area contributed by atoms with E-state index in [-0.39, 0.29) is 45.3 Å². The first-order valence-electron chi connectivity index (χ1n) is 14.5. The molecule has 0 bridgehead atoms. The predicted molar refractivity (Wildman–Crippen MR) is 171 cm³/mol. The number of benzene rings is 3. The quantitative estimate of drug-likeness (QED) is 0.332. The molecule has 0 spiro atoms. The lowest BCUT2D eigenvalue weighted by Crippen LogP contribution is -2.53. The van der Waals surface area contributed by atoms with E-state index in [0.717, 1.165) is 25.9 Å². The van der Waals surface area contributed by atoms with Crippen LogP contribution in [-0.2, 0) is 19.6 Å². The van der Waals surface area contributed by atoms with Gasteiger partial charge in [-0.15, -0.1) is 0 Å². The van der Waals surface area contributed by atoms with Gasteiger partial charge in [-0.1, -0.05) is 35.3 Å². The maximum absolute atomic E-state index is 13.2. The average Bonchev–Trinajstić information content (AvgIpc) is 3.58. The van der Waals surface area contributed by atoms with Crippen molar-refractivity contribution in [3.8, 4) is 11.5 Å². The minimum absolute atomic E-state index is 0.0736. The van der Waals surface area contributed by atoms with Gasteiger partial charge in [-0.2, -0.15) is 0 Å². The maximum Gasteiger partial charge on any atom is 0.262 e. The van der Waals surface area contributed by atoms with Crippen LogP contribution >= 0.6 is 23.2 Å². The van der Waals surface area contributed by atoms with Crippen molar-refractivity contribution in [1.82, 2.24) is 20.0 Å². The minimum atomic E-state index is -4.05. The fourth-order valence-corrected chi connectivity index (χ4v) is 6.61. The summed E-state index contributed by atoms with van der Waals surface area (Å²) >= 11 is 12.2. The molecule has 0 saturated carbocycles.